The summed E-state index contributed by atoms with van der Waals surface area (Å²) < 4.78 is 68.4. The Morgan fingerprint density at radius 1 is 1.11 bits per heavy atom. The van der Waals surface area contributed by atoms with E-state index in [1.165, 1.54) is 30.5 Å². The molecule has 0 aliphatic carbocycles. The van der Waals surface area contributed by atoms with Crippen LogP contribution in [-0.4, -0.2) is 97.3 Å². The molecule has 286 valence electrons. The van der Waals surface area contributed by atoms with Crippen LogP contribution in [0.5, 0.6) is 11.8 Å². The molecule has 3 aromatic heterocycles. The maximum atomic E-state index is 17.1. The lowest BCUT2D eigenvalue weighted by Gasteiger charge is -2.41. The lowest BCUT2D eigenvalue weighted by atomic mass is 9.95. The molecule has 9 rings (SSSR count). The molecule has 0 saturated carbocycles. The van der Waals surface area contributed by atoms with Crippen molar-refractivity contribution < 1.29 is 32.2 Å². The number of ether oxygens (including phenoxy) is 1. The number of aromatic nitrogens is 4. The maximum absolute atomic E-state index is 17.1. The molecule has 4 atom stereocenters. The van der Waals surface area contributed by atoms with Gasteiger partial charge in [-0.05, 0) is 74.9 Å². The molecule has 4 saturated heterocycles. The van der Waals surface area contributed by atoms with Gasteiger partial charge in [-0.3, -0.25) is 19.7 Å². The number of anilines is 1. The number of halogens is 4. The van der Waals surface area contributed by atoms with Crippen molar-refractivity contribution in [3.8, 4) is 35.4 Å². The molecule has 5 aromatic rings. The number of alkyl halides is 1. The monoisotopic (exact) mass is 763 g/mol. The van der Waals surface area contributed by atoms with Gasteiger partial charge in [-0.1, -0.05) is 18.1 Å². The molecule has 10 nitrogen and oxygen atoms in total. The fourth-order valence-corrected chi connectivity index (χ4v) is 9.28. The largest absolute Gasteiger partial charge is 0.508 e. The van der Waals surface area contributed by atoms with Gasteiger partial charge in [-0.2, -0.15) is 9.97 Å². The number of hydrogen-bond donors (Lipinski definition) is 1. The highest BCUT2D eigenvalue weighted by atomic mass is 19.1. The summed E-state index contributed by atoms with van der Waals surface area (Å²) in [5.74, 6) is -0.757. The first-order valence-electron chi connectivity index (χ1n) is 18.7. The number of carbonyl (C=O) groups excluding carboxylic acids is 1. The van der Waals surface area contributed by atoms with Crippen LogP contribution in [-0.2, 0) is 4.79 Å². The number of fused-ring (bicyclic) bond motifs is 5. The number of terminal acetylenes is 1. The molecule has 1 amide bonds. The van der Waals surface area contributed by atoms with Gasteiger partial charge in [-0.25, -0.2) is 17.6 Å². The van der Waals surface area contributed by atoms with Crippen LogP contribution < -0.4 is 9.64 Å². The van der Waals surface area contributed by atoms with E-state index in [-0.39, 0.29) is 76.7 Å². The van der Waals surface area contributed by atoms with Crippen molar-refractivity contribution in [1.82, 2.24) is 29.7 Å². The van der Waals surface area contributed by atoms with E-state index in [0.29, 0.717) is 48.4 Å². The van der Waals surface area contributed by atoms with Crippen molar-refractivity contribution in [2.24, 2.45) is 0 Å². The van der Waals surface area contributed by atoms with E-state index < -0.39 is 35.1 Å². The van der Waals surface area contributed by atoms with Crippen LogP contribution in [0.15, 0.2) is 54.5 Å². The maximum Gasteiger partial charge on any atom is 0.319 e. The first-order valence-corrected chi connectivity index (χ1v) is 18.7. The Balaban J connectivity index is 1.11. The van der Waals surface area contributed by atoms with E-state index in [1.54, 1.807) is 30.0 Å². The summed E-state index contributed by atoms with van der Waals surface area (Å²) in [5.41, 5.74) is 0.0827. The molecule has 4 aliphatic heterocycles. The standard InChI is InChI=1S/C42H37F4N7O3/c1-3-30-33(44)11-8-24-14-29(54)16-31(35(24)30)37-36(46)38-32(18-47-37)39(50-41(49-38)56-22-42-12-5-13-52(42)19-25(43)17-42)51-20-27-9-10-28(21-51)53(27)40(55)34(45)15-26-7-4-6-23(2)48-26/h1,4,6-8,11,14-16,18,25,27-28,54H,5,9-10,12-13,17,19-22H2,2H3/b34-15-/t25?,27?,28?,42-/m0/s1. The van der Waals surface area contributed by atoms with E-state index in [4.69, 9.17) is 16.1 Å². The Kier molecular flexibility index (Phi) is 8.80. The molecule has 1 N–H and O–H groups in total. The van der Waals surface area contributed by atoms with Crippen molar-refractivity contribution in [1.29, 1.82) is 0 Å². The topological polar surface area (TPSA) is 108 Å². The Morgan fingerprint density at radius 2 is 1.91 bits per heavy atom. The van der Waals surface area contributed by atoms with Crippen LogP contribution in [0.4, 0.5) is 23.4 Å². The van der Waals surface area contributed by atoms with Crippen molar-refractivity contribution in [2.45, 2.75) is 62.8 Å². The second kappa shape index (κ2) is 13.7. The Hall–Kier alpha value is -5.81. The number of phenols is 1. The third-order valence-electron chi connectivity index (χ3n) is 11.7. The smallest absolute Gasteiger partial charge is 0.319 e. The molecule has 56 heavy (non-hydrogen) atoms. The van der Waals surface area contributed by atoms with E-state index in [2.05, 4.69) is 25.8 Å². The molecule has 0 radical (unpaired) electrons. The molecule has 4 fully saturated rings. The zero-order valence-electron chi connectivity index (χ0n) is 30.5. The minimum atomic E-state index is -0.991. The highest BCUT2D eigenvalue weighted by molar-refractivity contribution is 6.03. The summed E-state index contributed by atoms with van der Waals surface area (Å²) in [6.45, 7) is 3.46. The number of aromatic hydroxyl groups is 1. The van der Waals surface area contributed by atoms with E-state index in [9.17, 15) is 18.7 Å². The number of amides is 1. The predicted octanol–water partition coefficient (Wildman–Crippen LogP) is 6.66. The van der Waals surface area contributed by atoms with Gasteiger partial charge in [-0.15, -0.1) is 6.42 Å². The molecular weight excluding hydrogens is 726 g/mol. The predicted molar refractivity (Wildman–Crippen MR) is 202 cm³/mol. The number of phenolic OH excluding ortho intramolecular Hbond substituents is 1. The Bertz CT molecular complexity index is 2500. The molecule has 3 unspecified atom stereocenters. The van der Waals surface area contributed by atoms with Crippen LogP contribution in [0.2, 0.25) is 0 Å². The van der Waals surface area contributed by atoms with Crippen molar-refractivity contribution in [3.63, 3.8) is 0 Å². The Morgan fingerprint density at radius 3 is 2.68 bits per heavy atom. The lowest BCUT2D eigenvalue weighted by Crippen LogP contribution is -2.56. The van der Waals surface area contributed by atoms with Gasteiger partial charge in [0, 0.05) is 55.0 Å². The summed E-state index contributed by atoms with van der Waals surface area (Å²) in [6.07, 6.45) is 10.4. The number of benzene rings is 2. The normalized spacial score (nSPS) is 23.6. The van der Waals surface area contributed by atoms with Crippen LogP contribution in [0.3, 0.4) is 0 Å². The first-order chi connectivity index (χ1) is 27.0. The average molecular weight is 764 g/mol. The number of carbonyl (C=O) groups is 1. The number of piperazine rings is 1. The fourth-order valence-electron chi connectivity index (χ4n) is 9.28. The van der Waals surface area contributed by atoms with Gasteiger partial charge in [0.1, 0.15) is 41.4 Å². The third-order valence-corrected chi connectivity index (χ3v) is 11.7. The second-order valence-corrected chi connectivity index (χ2v) is 15.2. The molecular formula is C42H37F4N7O3. The van der Waals surface area contributed by atoms with Gasteiger partial charge in [0.05, 0.1) is 34.3 Å². The number of rotatable bonds is 7. The van der Waals surface area contributed by atoms with Crippen LogP contribution in [0.25, 0.3) is 39.0 Å². The number of hydrogen-bond acceptors (Lipinski definition) is 9. The first kappa shape index (κ1) is 35.9. The van der Waals surface area contributed by atoms with E-state index in [0.717, 1.165) is 25.5 Å². The van der Waals surface area contributed by atoms with Crippen LogP contribution in [0.1, 0.15) is 49.1 Å². The van der Waals surface area contributed by atoms with E-state index in [1.807, 2.05) is 4.90 Å². The SMILES string of the molecule is C#Cc1c(F)ccc2cc(O)cc(-c3ncc4c(N5CC6CCC(C5)N6C(=O)/C(F)=C/c5cccc(C)n5)nc(OC[C@@]56CCCN5CC(F)C6)nc4c3F)c12. The summed E-state index contributed by atoms with van der Waals surface area (Å²) in [7, 11) is 0. The van der Waals surface area contributed by atoms with Gasteiger partial charge in [0.15, 0.2) is 11.6 Å². The molecule has 2 bridgehead atoms. The van der Waals surface area contributed by atoms with Gasteiger partial charge in [0.25, 0.3) is 5.91 Å². The quantitative estimate of drug-likeness (QED) is 0.111. The molecule has 4 aliphatic rings. The molecule has 0 spiro atoms. The van der Waals surface area contributed by atoms with E-state index >= 15 is 8.78 Å². The summed E-state index contributed by atoms with van der Waals surface area (Å²) in [5, 5.41) is 11.5. The molecule has 14 heteroatoms. The van der Waals surface area contributed by atoms with Gasteiger partial charge >= 0.3 is 6.01 Å². The highest BCUT2D eigenvalue weighted by Gasteiger charge is 2.50. The highest BCUT2D eigenvalue weighted by Crippen LogP contribution is 2.43. The van der Waals surface area contributed by atoms with Gasteiger partial charge in [0.2, 0.25) is 0 Å². The molecule has 2 aromatic carbocycles. The summed E-state index contributed by atoms with van der Waals surface area (Å²) in [4.78, 5) is 37.2. The van der Waals surface area contributed by atoms with Crippen molar-refractivity contribution in [2.75, 3.05) is 37.7 Å². The molecule has 7 heterocycles. The lowest BCUT2D eigenvalue weighted by molar-refractivity contribution is -0.131. The van der Waals surface area contributed by atoms with Crippen LogP contribution >= 0.6 is 0 Å². The van der Waals surface area contributed by atoms with Crippen molar-refractivity contribution >= 4 is 39.5 Å². The third kappa shape index (κ3) is 6.05. The minimum Gasteiger partial charge on any atom is -0.508 e. The Labute approximate surface area is 319 Å². The number of nitrogens with zero attached hydrogens (tertiary/aromatic N) is 7. The van der Waals surface area contributed by atoms with Gasteiger partial charge < -0.3 is 19.6 Å². The zero-order valence-corrected chi connectivity index (χ0v) is 30.5. The number of pyridine rings is 2. The number of aryl methyl sites for hydroxylation is 1. The fraction of sp³-hybridized carbons (Fsp3) is 0.357. The second-order valence-electron chi connectivity index (χ2n) is 15.2. The zero-order chi connectivity index (χ0) is 38.9. The van der Waals surface area contributed by atoms with Crippen LogP contribution in [0, 0.1) is 30.9 Å². The minimum absolute atomic E-state index is 0.0658. The average Bonchev–Trinajstić information content (AvgIpc) is 3.79. The van der Waals surface area contributed by atoms with Crippen molar-refractivity contribution in [3.05, 3.63) is 83.1 Å². The summed E-state index contributed by atoms with van der Waals surface area (Å²) >= 11 is 0. The summed E-state index contributed by atoms with van der Waals surface area (Å²) in [6, 6.07) is 9.58.